The van der Waals surface area contributed by atoms with Crippen molar-refractivity contribution in [3.63, 3.8) is 0 Å². The van der Waals surface area contributed by atoms with Crippen molar-refractivity contribution in [2.24, 2.45) is 0 Å². The van der Waals surface area contributed by atoms with Gasteiger partial charge in [0.1, 0.15) is 5.65 Å². The summed E-state index contributed by atoms with van der Waals surface area (Å²) >= 11 is 3.59. The molecule has 0 saturated carbocycles. The van der Waals surface area contributed by atoms with E-state index in [2.05, 4.69) is 66.5 Å². The molecule has 0 amide bonds. The van der Waals surface area contributed by atoms with E-state index in [0.717, 1.165) is 22.4 Å². The molecule has 0 spiro atoms. The number of benzene rings is 1. The number of pyridine rings is 1. The first-order chi connectivity index (χ1) is 9.81. The Morgan fingerprint density at radius 1 is 1.00 bits per heavy atom. The van der Waals surface area contributed by atoms with Crippen LogP contribution in [0.25, 0.3) is 16.6 Å². The predicted molar refractivity (Wildman–Crippen MR) is 83.9 cm³/mol. The second kappa shape index (κ2) is 4.49. The van der Waals surface area contributed by atoms with Crippen molar-refractivity contribution in [2.75, 3.05) is 0 Å². The first kappa shape index (κ1) is 11.7. The summed E-state index contributed by atoms with van der Waals surface area (Å²) in [6, 6.07) is 14.4. The Bertz CT molecular complexity index is 871. The first-order valence-corrected chi connectivity index (χ1v) is 7.26. The maximum atomic E-state index is 4.65. The van der Waals surface area contributed by atoms with E-state index in [1.165, 1.54) is 10.9 Å². The molecular weight excluding hydrogens is 314 g/mol. The number of halogens is 1. The summed E-state index contributed by atoms with van der Waals surface area (Å²) < 4.78 is 5.41. The average Bonchev–Trinajstić information content (AvgIpc) is 3.04. The molecule has 4 heteroatoms. The Hall–Kier alpha value is -2.07. The van der Waals surface area contributed by atoms with Crippen molar-refractivity contribution >= 4 is 32.5 Å². The van der Waals surface area contributed by atoms with E-state index in [9.17, 15) is 0 Å². The summed E-state index contributed by atoms with van der Waals surface area (Å²) in [6.07, 6.45) is 6.22. The van der Waals surface area contributed by atoms with Gasteiger partial charge in [0, 0.05) is 34.0 Å². The Kier molecular flexibility index (Phi) is 2.63. The largest absolute Gasteiger partial charge is 0.341 e. The van der Waals surface area contributed by atoms with Gasteiger partial charge >= 0.3 is 0 Å². The minimum atomic E-state index is 0.779. The minimum Gasteiger partial charge on any atom is -0.341 e. The van der Waals surface area contributed by atoms with E-state index in [-0.39, 0.29) is 0 Å². The van der Waals surface area contributed by atoms with Crippen LogP contribution in [0.3, 0.4) is 0 Å². The van der Waals surface area contributed by atoms with Crippen LogP contribution in [-0.4, -0.2) is 14.0 Å². The normalized spacial score (nSPS) is 11.4. The van der Waals surface area contributed by atoms with Gasteiger partial charge in [-0.25, -0.2) is 4.98 Å². The lowest BCUT2D eigenvalue weighted by molar-refractivity contribution is 0.815. The number of hydrogen-bond donors (Lipinski definition) is 0. The molecule has 0 aliphatic carbocycles. The molecule has 0 atom stereocenters. The van der Waals surface area contributed by atoms with Crippen LogP contribution in [0.5, 0.6) is 0 Å². The van der Waals surface area contributed by atoms with Gasteiger partial charge in [0.25, 0.3) is 0 Å². The van der Waals surface area contributed by atoms with Crippen molar-refractivity contribution in [3.05, 3.63) is 71.2 Å². The molecule has 0 bridgehead atoms. The lowest BCUT2D eigenvalue weighted by Crippen LogP contribution is -1.97. The third-order valence-electron chi connectivity index (χ3n) is 3.51. The van der Waals surface area contributed by atoms with Crippen molar-refractivity contribution in [3.8, 4) is 0 Å². The van der Waals surface area contributed by atoms with E-state index in [4.69, 9.17) is 0 Å². The highest BCUT2D eigenvalue weighted by molar-refractivity contribution is 9.10. The van der Waals surface area contributed by atoms with E-state index >= 15 is 0 Å². The molecule has 0 saturated heterocycles. The van der Waals surface area contributed by atoms with Gasteiger partial charge in [-0.2, -0.15) is 0 Å². The molecule has 20 heavy (non-hydrogen) atoms. The fourth-order valence-corrected chi connectivity index (χ4v) is 3.05. The van der Waals surface area contributed by atoms with Gasteiger partial charge in [-0.1, -0.05) is 28.1 Å². The number of fused-ring (bicyclic) bond motifs is 2. The SMILES string of the molecule is Brc1cccc2c1ccn2Cc1cn2ccccc2n1. The number of nitrogens with zero attached hydrogens (tertiary/aromatic N) is 3. The second-order valence-electron chi connectivity index (χ2n) is 4.81. The van der Waals surface area contributed by atoms with Gasteiger partial charge in [0.15, 0.2) is 0 Å². The zero-order valence-corrected chi connectivity index (χ0v) is 12.3. The fraction of sp³-hybridized carbons (Fsp3) is 0.0625. The summed E-state index contributed by atoms with van der Waals surface area (Å²) in [5.74, 6) is 0. The quantitative estimate of drug-likeness (QED) is 0.544. The molecule has 0 fully saturated rings. The van der Waals surface area contributed by atoms with E-state index in [0.29, 0.717) is 0 Å². The second-order valence-corrected chi connectivity index (χ2v) is 5.67. The molecule has 0 unspecified atom stereocenters. The topological polar surface area (TPSA) is 22.2 Å². The van der Waals surface area contributed by atoms with Crippen molar-refractivity contribution in [2.45, 2.75) is 6.54 Å². The smallest absolute Gasteiger partial charge is 0.137 e. The Labute approximate surface area is 124 Å². The average molecular weight is 326 g/mol. The van der Waals surface area contributed by atoms with Crippen molar-refractivity contribution in [1.29, 1.82) is 0 Å². The molecule has 4 aromatic rings. The molecule has 0 radical (unpaired) electrons. The van der Waals surface area contributed by atoms with Gasteiger partial charge < -0.3 is 8.97 Å². The van der Waals surface area contributed by atoms with E-state index in [1.54, 1.807) is 0 Å². The van der Waals surface area contributed by atoms with Crippen molar-refractivity contribution in [1.82, 2.24) is 14.0 Å². The molecule has 0 N–H and O–H groups in total. The monoisotopic (exact) mass is 325 g/mol. The highest BCUT2D eigenvalue weighted by Crippen LogP contribution is 2.25. The van der Waals surface area contributed by atoms with Crippen LogP contribution < -0.4 is 0 Å². The summed E-state index contributed by atoms with van der Waals surface area (Å²) in [5.41, 5.74) is 3.27. The molecule has 0 aliphatic heterocycles. The van der Waals surface area contributed by atoms with Crippen molar-refractivity contribution < 1.29 is 0 Å². The van der Waals surface area contributed by atoms with E-state index in [1.807, 2.05) is 24.4 Å². The minimum absolute atomic E-state index is 0.779. The summed E-state index contributed by atoms with van der Waals surface area (Å²) in [7, 11) is 0. The highest BCUT2D eigenvalue weighted by Gasteiger charge is 2.06. The van der Waals surface area contributed by atoms with Crippen LogP contribution in [0, 0.1) is 0 Å². The van der Waals surface area contributed by atoms with E-state index < -0.39 is 0 Å². The maximum absolute atomic E-state index is 4.65. The zero-order valence-electron chi connectivity index (χ0n) is 10.7. The summed E-state index contributed by atoms with van der Waals surface area (Å²) in [5, 5.41) is 1.23. The third kappa shape index (κ3) is 1.84. The van der Waals surface area contributed by atoms with Gasteiger partial charge in [-0.05, 0) is 30.3 Å². The number of hydrogen-bond acceptors (Lipinski definition) is 1. The van der Waals surface area contributed by atoms with Crippen LogP contribution in [0.2, 0.25) is 0 Å². The third-order valence-corrected chi connectivity index (χ3v) is 4.20. The molecule has 3 heterocycles. The standard InChI is InChI=1S/C16H12BrN3/c17-14-4-3-5-15-13(14)7-9-19(15)10-12-11-20-8-2-1-6-16(20)18-12/h1-9,11H,10H2. The Morgan fingerprint density at radius 3 is 2.85 bits per heavy atom. The zero-order chi connectivity index (χ0) is 13.5. The molecular formula is C16H12BrN3. The van der Waals surface area contributed by atoms with Gasteiger partial charge in [0.2, 0.25) is 0 Å². The Morgan fingerprint density at radius 2 is 1.95 bits per heavy atom. The number of rotatable bonds is 2. The van der Waals surface area contributed by atoms with Gasteiger partial charge in [-0.3, -0.25) is 0 Å². The molecule has 0 aliphatic rings. The number of imidazole rings is 1. The molecule has 3 nitrogen and oxygen atoms in total. The molecule has 98 valence electrons. The fourth-order valence-electron chi connectivity index (χ4n) is 2.56. The Balaban J connectivity index is 1.78. The summed E-state index contributed by atoms with van der Waals surface area (Å²) in [4.78, 5) is 4.65. The van der Waals surface area contributed by atoms with Crippen LogP contribution in [0.4, 0.5) is 0 Å². The lowest BCUT2D eigenvalue weighted by atomic mass is 10.2. The van der Waals surface area contributed by atoms with Crippen LogP contribution in [0.1, 0.15) is 5.69 Å². The van der Waals surface area contributed by atoms with Crippen LogP contribution >= 0.6 is 15.9 Å². The molecule has 3 aromatic heterocycles. The predicted octanol–water partition coefficient (Wildman–Crippen LogP) is 4.10. The van der Waals surface area contributed by atoms with Gasteiger partial charge in [0.05, 0.1) is 12.2 Å². The lowest BCUT2D eigenvalue weighted by Gasteiger charge is -2.03. The summed E-state index contributed by atoms with van der Waals surface area (Å²) in [6.45, 7) is 0.779. The van der Waals surface area contributed by atoms with Crippen LogP contribution in [-0.2, 0) is 6.54 Å². The highest BCUT2D eigenvalue weighted by atomic mass is 79.9. The maximum Gasteiger partial charge on any atom is 0.137 e. The molecule has 1 aromatic carbocycles. The van der Waals surface area contributed by atoms with Crippen LogP contribution in [0.15, 0.2) is 65.5 Å². The first-order valence-electron chi connectivity index (χ1n) is 6.47. The number of aromatic nitrogens is 3. The molecule has 4 rings (SSSR count). The van der Waals surface area contributed by atoms with Gasteiger partial charge in [-0.15, -0.1) is 0 Å².